The van der Waals surface area contributed by atoms with Crippen molar-refractivity contribution >= 4 is 7.82 Å². The summed E-state index contributed by atoms with van der Waals surface area (Å²) in [5, 5.41) is 28.3. The van der Waals surface area contributed by atoms with Crippen LogP contribution in [0.15, 0.2) is 21.9 Å². The number of phosphoric acid groups is 1. The molecule has 3 unspecified atom stereocenters. The Balaban J connectivity index is 0.00000121. The molecule has 0 spiro atoms. The van der Waals surface area contributed by atoms with Gasteiger partial charge in [-0.2, -0.15) is 9.33 Å². The van der Waals surface area contributed by atoms with Gasteiger partial charge in [-0.25, -0.2) is 18.3 Å². The van der Waals surface area contributed by atoms with Crippen molar-refractivity contribution in [3.05, 3.63) is 61.4 Å². The van der Waals surface area contributed by atoms with Gasteiger partial charge in [0.2, 0.25) is 5.82 Å². The number of halogens is 3. The Hall–Kier alpha value is -2.56. The van der Waals surface area contributed by atoms with E-state index in [1.54, 1.807) is 11.1 Å². The standard InChI is InChI=1S/C24H31F2N2O9P.CH3FO.CH4O/c1-22(2,3)13-9-14(23(4,5)6)19-12(18(13)26)11-34-38(33,36-19)37-24(31,32)16-7-8-17(35-16)28-10-15(25)20(29)27-21(28)30;1-3-2;1-2/h9-10,16-17,31-32H,7-8,11H2,1-6H3,(H,27,29,30);1H3;2H,1H3. The molecule has 0 aliphatic carbocycles. The zero-order valence-corrected chi connectivity index (χ0v) is 26.0. The molecule has 0 amide bonds. The van der Waals surface area contributed by atoms with Crippen LogP contribution in [-0.4, -0.2) is 51.2 Å². The van der Waals surface area contributed by atoms with Crippen LogP contribution >= 0.6 is 7.82 Å². The molecule has 1 fully saturated rings. The number of aliphatic hydroxyl groups is 3. The molecule has 2 aromatic rings. The second kappa shape index (κ2) is 13.6. The van der Waals surface area contributed by atoms with Crippen LogP contribution in [0.25, 0.3) is 0 Å². The summed E-state index contributed by atoms with van der Waals surface area (Å²) < 4.78 is 74.3. The molecule has 43 heavy (non-hydrogen) atoms. The third kappa shape index (κ3) is 8.34. The molecule has 3 atom stereocenters. The number of nitrogens with one attached hydrogen (secondary N) is 1. The van der Waals surface area contributed by atoms with Gasteiger partial charge in [0.15, 0.2) is 0 Å². The van der Waals surface area contributed by atoms with E-state index < -0.39 is 66.4 Å². The topological polar surface area (TPSA) is 179 Å². The number of aromatic nitrogens is 2. The van der Waals surface area contributed by atoms with E-state index >= 15 is 4.39 Å². The van der Waals surface area contributed by atoms with Gasteiger partial charge in [0.25, 0.3) is 5.56 Å². The molecule has 4 N–H and O–H groups in total. The van der Waals surface area contributed by atoms with Crippen molar-refractivity contribution in [3.63, 3.8) is 0 Å². The Morgan fingerprint density at radius 3 is 2.14 bits per heavy atom. The van der Waals surface area contributed by atoms with Crippen LogP contribution in [0.5, 0.6) is 5.75 Å². The third-order valence-electron chi connectivity index (χ3n) is 6.39. The minimum Gasteiger partial charge on any atom is -0.403 e. The Kier molecular flexibility index (Phi) is 11.6. The van der Waals surface area contributed by atoms with E-state index in [0.717, 1.165) is 18.8 Å². The van der Waals surface area contributed by atoms with Gasteiger partial charge in [-0.15, -0.1) is 0 Å². The average Bonchev–Trinajstić information content (AvgIpc) is 3.37. The van der Waals surface area contributed by atoms with Crippen molar-refractivity contribution in [2.75, 3.05) is 14.2 Å². The molecule has 0 saturated carbocycles. The first-order chi connectivity index (χ1) is 19.7. The number of nitrogens with zero attached hydrogens (tertiary/aromatic N) is 1. The largest absolute Gasteiger partial charge is 0.534 e. The van der Waals surface area contributed by atoms with E-state index in [-0.39, 0.29) is 24.2 Å². The van der Waals surface area contributed by atoms with Gasteiger partial charge in [0, 0.05) is 12.7 Å². The maximum atomic E-state index is 15.5. The number of aliphatic hydroxyl groups excluding tert-OH is 1. The summed E-state index contributed by atoms with van der Waals surface area (Å²) >= 11 is 0. The van der Waals surface area contributed by atoms with E-state index in [4.69, 9.17) is 23.4 Å². The van der Waals surface area contributed by atoms with Crippen LogP contribution in [0, 0.1) is 11.6 Å². The lowest BCUT2D eigenvalue weighted by molar-refractivity contribution is -0.349. The molecule has 4 rings (SSSR count). The molecule has 244 valence electrons. The molecule has 3 heterocycles. The normalized spacial score (nSPS) is 22.0. The zero-order valence-electron chi connectivity index (χ0n) is 25.1. The quantitative estimate of drug-likeness (QED) is 0.283. The van der Waals surface area contributed by atoms with Crippen molar-refractivity contribution in [1.82, 2.24) is 9.55 Å². The van der Waals surface area contributed by atoms with Crippen LogP contribution in [-0.2, 0) is 40.7 Å². The highest BCUT2D eigenvalue weighted by molar-refractivity contribution is 7.49. The molecule has 1 saturated heterocycles. The van der Waals surface area contributed by atoms with Crippen LogP contribution in [0.4, 0.5) is 13.3 Å². The molecule has 1 aromatic carbocycles. The lowest BCUT2D eigenvalue weighted by Crippen LogP contribution is -2.45. The van der Waals surface area contributed by atoms with Gasteiger partial charge in [-0.1, -0.05) is 41.5 Å². The minimum absolute atomic E-state index is 0.00784. The second-order valence-corrected chi connectivity index (χ2v) is 13.1. The summed E-state index contributed by atoms with van der Waals surface area (Å²) in [7, 11) is -2.77. The van der Waals surface area contributed by atoms with E-state index in [2.05, 4.69) is 4.94 Å². The van der Waals surface area contributed by atoms with E-state index in [1.165, 1.54) is 0 Å². The van der Waals surface area contributed by atoms with Crippen molar-refractivity contribution in [3.8, 4) is 5.75 Å². The summed E-state index contributed by atoms with van der Waals surface area (Å²) in [4.78, 5) is 27.8. The molecule has 13 nitrogen and oxygen atoms in total. The SMILES string of the molecule is CC(C)(C)c1cc(C(C)(C)C)c2c(c1F)COP(=O)(OC(O)(O)C1CCC(n3cc(F)c(=O)[nH]c3=O)O1)O2.CO.COF. The predicted octanol–water partition coefficient (Wildman–Crippen LogP) is 3.59. The molecule has 17 heteroatoms. The summed E-state index contributed by atoms with van der Waals surface area (Å²) in [5.41, 5.74) is -2.39. The smallest absolute Gasteiger partial charge is 0.403 e. The number of benzene rings is 1. The van der Waals surface area contributed by atoms with E-state index in [0.29, 0.717) is 17.3 Å². The summed E-state index contributed by atoms with van der Waals surface area (Å²) in [6, 6.07) is 1.63. The van der Waals surface area contributed by atoms with Gasteiger partial charge in [0.1, 0.15) is 23.9 Å². The van der Waals surface area contributed by atoms with Gasteiger partial charge in [-0.05, 0) is 39.8 Å². The molecule has 0 radical (unpaired) electrons. The van der Waals surface area contributed by atoms with Gasteiger partial charge in [-0.3, -0.25) is 18.9 Å². The van der Waals surface area contributed by atoms with E-state index in [9.17, 15) is 33.3 Å². The number of fused-ring (bicyclic) bond motifs is 1. The number of phosphoric ester groups is 1. The zero-order chi connectivity index (χ0) is 33.1. The Bertz CT molecular complexity index is 1450. The first-order valence-corrected chi connectivity index (χ1v) is 14.4. The molecule has 0 bridgehead atoms. The fourth-order valence-corrected chi connectivity index (χ4v) is 5.67. The second-order valence-electron chi connectivity index (χ2n) is 11.6. The van der Waals surface area contributed by atoms with Crippen molar-refractivity contribution in [2.24, 2.45) is 0 Å². The minimum atomic E-state index is -4.73. The number of hydrogen-bond donors (Lipinski definition) is 4. The van der Waals surface area contributed by atoms with Crippen LogP contribution in [0.1, 0.15) is 77.3 Å². The van der Waals surface area contributed by atoms with Crippen molar-refractivity contribution in [2.45, 2.75) is 90.1 Å². The monoisotopic (exact) mass is 642 g/mol. The number of ether oxygens (including phenoxy) is 1. The maximum absolute atomic E-state index is 15.5. The maximum Gasteiger partial charge on any atom is 0.534 e. The lowest BCUT2D eigenvalue weighted by atomic mass is 9.78. The highest BCUT2D eigenvalue weighted by Gasteiger charge is 2.52. The Labute approximate surface area is 245 Å². The number of H-pyrrole nitrogens is 1. The number of aromatic amines is 1. The average molecular weight is 643 g/mol. The Morgan fingerprint density at radius 1 is 1.05 bits per heavy atom. The van der Waals surface area contributed by atoms with Gasteiger partial charge in [0.05, 0.1) is 25.5 Å². The van der Waals surface area contributed by atoms with Crippen molar-refractivity contribution < 1.29 is 56.4 Å². The fourth-order valence-electron chi connectivity index (χ4n) is 4.36. The number of hydrogen-bond acceptors (Lipinski definition) is 11. The molecule has 1 aromatic heterocycles. The van der Waals surface area contributed by atoms with Crippen molar-refractivity contribution in [1.29, 1.82) is 0 Å². The van der Waals surface area contributed by atoms with Gasteiger partial charge >= 0.3 is 19.5 Å². The fraction of sp³-hybridized carbons (Fsp3) is 0.615. The molecular weight excluding hydrogens is 604 g/mol. The summed E-state index contributed by atoms with van der Waals surface area (Å²) in [6.07, 6.45) is -2.26. The van der Waals surface area contributed by atoms with Crippen LogP contribution in [0.2, 0.25) is 0 Å². The van der Waals surface area contributed by atoms with Crippen LogP contribution in [0.3, 0.4) is 0 Å². The first kappa shape index (κ1) is 36.6. The predicted molar refractivity (Wildman–Crippen MR) is 146 cm³/mol. The number of rotatable bonds is 4. The molecule has 2 aliphatic heterocycles. The summed E-state index contributed by atoms with van der Waals surface area (Å²) in [5.74, 6) is -5.14. The highest BCUT2D eigenvalue weighted by atomic mass is 31.2. The van der Waals surface area contributed by atoms with Crippen LogP contribution < -0.4 is 15.8 Å². The highest BCUT2D eigenvalue weighted by Crippen LogP contribution is 2.59. The molecular formula is C26H38F3N2O11P. The first-order valence-electron chi connectivity index (χ1n) is 13.0. The summed E-state index contributed by atoms with van der Waals surface area (Å²) in [6.45, 7) is 10.6. The van der Waals surface area contributed by atoms with Gasteiger partial charge < -0.3 is 24.6 Å². The third-order valence-corrected chi connectivity index (χ3v) is 7.74. The Morgan fingerprint density at radius 2 is 1.60 bits per heavy atom. The van der Waals surface area contributed by atoms with E-state index in [1.807, 2.05) is 41.5 Å². The lowest BCUT2D eigenvalue weighted by Gasteiger charge is -2.36. The molecule has 2 aliphatic rings.